The van der Waals surface area contributed by atoms with E-state index < -0.39 is 0 Å². The van der Waals surface area contributed by atoms with Crippen molar-refractivity contribution in [1.29, 1.82) is 0 Å². The lowest BCUT2D eigenvalue weighted by atomic mass is 9.98. The number of imidazole rings is 1. The van der Waals surface area contributed by atoms with Crippen LogP contribution in [-0.4, -0.2) is 22.0 Å². The molecule has 0 aliphatic rings. The largest absolute Gasteiger partial charge is 0.314 e. The molecule has 0 spiro atoms. The summed E-state index contributed by atoms with van der Waals surface area (Å²) in [7, 11) is 0. The van der Waals surface area contributed by atoms with Gasteiger partial charge in [-0.3, -0.25) is 4.40 Å². The molecule has 0 amide bonds. The van der Waals surface area contributed by atoms with Gasteiger partial charge in [0.2, 0.25) is 0 Å². The molecule has 2 aromatic heterocycles. The number of thiazole rings is 1. The molecular formula is C12H19N3S. The van der Waals surface area contributed by atoms with Crippen molar-refractivity contribution in [2.45, 2.75) is 33.2 Å². The maximum Gasteiger partial charge on any atom is 0.193 e. The van der Waals surface area contributed by atoms with Gasteiger partial charge < -0.3 is 5.32 Å². The van der Waals surface area contributed by atoms with Crippen molar-refractivity contribution in [3.63, 3.8) is 0 Å². The molecule has 0 aliphatic heterocycles. The monoisotopic (exact) mass is 237 g/mol. The van der Waals surface area contributed by atoms with E-state index in [1.54, 1.807) is 11.3 Å². The first-order chi connectivity index (χ1) is 7.70. The lowest BCUT2D eigenvalue weighted by Gasteiger charge is -2.19. The van der Waals surface area contributed by atoms with E-state index in [-0.39, 0.29) is 0 Å². The second kappa shape index (κ2) is 4.97. The van der Waals surface area contributed by atoms with Crippen molar-refractivity contribution in [3.8, 4) is 0 Å². The predicted molar refractivity (Wildman–Crippen MR) is 69.1 cm³/mol. The Morgan fingerprint density at radius 1 is 1.50 bits per heavy atom. The topological polar surface area (TPSA) is 29.3 Å². The van der Waals surface area contributed by atoms with Crippen molar-refractivity contribution in [2.24, 2.45) is 5.92 Å². The Balaban J connectivity index is 2.01. The van der Waals surface area contributed by atoms with Crippen molar-refractivity contribution in [1.82, 2.24) is 14.7 Å². The third-order valence-electron chi connectivity index (χ3n) is 3.05. The Kier molecular flexibility index (Phi) is 3.61. The van der Waals surface area contributed by atoms with E-state index in [1.807, 2.05) is 0 Å². The molecule has 2 heterocycles. The van der Waals surface area contributed by atoms with Gasteiger partial charge in [0, 0.05) is 23.8 Å². The van der Waals surface area contributed by atoms with Crippen LogP contribution in [0, 0.1) is 5.92 Å². The van der Waals surface area contributed by atoms with Crippen LogP contribution in [0.15, 0.2) is 17.8 Å². The molecule has 1 N–H and O–H groups in total. The van der Waals surface area contributed by atoms with Gasteiger partial charge in [-0.1, -0.05) is 13.8 Å². The van der Waals surface area contributed by atoms with Gasteiger partial charge in [0.25, 0.3) is 0 Å². The molecule has 0 aromatic carbocycles. The van der Waals surface area contributed by atoms with Gasteiger partial charge in [-0.05, 0) is 25.8 Å². The number of hydrogen-bond acceptors (Lipinski definition) is 3. The molecular weight excluding hydrogens is 218 g/mol. The van der Waals surface area contributed by atoms with E-state index >= 15 is 0 Å². The first kappa shape index (κ1) is 11.6. The zero-order valence-electron chi connectivity index (χ0n) is 10.1. The highest BCUT2D eigenvalue weighted by molar-refractivity contribution is 7.15. The molecule has 0 bridgehead atoms. The summed E-state index contributed by atoms with van der Waals surface area (Å²) in [5.74, 6) is 0.615. The minimum Gasteiger partial charge on any atom is -0.314 e. The zero-order chi connectivity index (χ0) is 11.5. The van der Waals surface area contributed by atoms with Gasteiger partial charge in [-0.15, -0.1) is 11.3 Å². The summed E-state index contributed by atoms with van der Waals surface area (Å²) in [5.41, 5.74) is 1.20. The normalized spacial score (nSPS) is 15.4. The third-order valence-corrected chi connectivity index (χ3v) is 3.82. The molecule has 4 heteroatoms. The number of fused-ring (bicyclic) bond motifs is 1. The van der Waals surface area contributed by atoms with Crippen LogP contribution in [0.1, 0.15) is 26.5 Å². The molecule has 0 saturated heterocycles. The number of nitrogens with zero attached hydrogens (tertiary/aromatic N) is 2. The molecule has 0 aliphatic carbocycles. The van der Waals surface area contributed by atoms with Crippen molar-refractivity contribution < 1.29 is 0 Å². The van der Waals surface area contributed by atoms with Gasteiger partial charge in [-0.25, -0.2) is 4.98 Å². The van der Waals surface area contributed by atoms with E-state index in [1.165, 1.54) is 5.69 Å². The summed E-state index contributed by atoms with van der Waals surface area (Å²) in [6.45, 7) is 7.70. The average molecular weight is 237 g/mol. The predicted octanol–water partition coefficient (Wildman–Crippen LogP) is 2.57. The number of hydrogen-bond donors (Lipinski definition) is 1. The maximum atomic E-state index is 4.61. The summed E-state index contributed by atoms with van der Waals surface area (Å²) in [6, 6.07) is 0.546. The van der Waals surface area contributed by atoms with E-state index in [0.717, 1.165) is 17.9 Å². The first-order valence-corrected chi connectivity index (χ1v) is 6.73. The molecule has 2 unspecified atom stereocenters. The maximum absolute atomic E-state index is 4.61. The minimum absolute atomic E-state index is 0.546. The molecule has 2 atom stereocenters. The van der Waals surface area contributed by atoms with Gasteiger partial charge >= 0.3 is 0 Å². The number of rotatable bonds is 5. The summed E-state index contributed by atoms with van der Waals surface area (Å²) in [6.07, 6.45) is 5.25. The van der Waals surface area contributed by atoms with Crippen LogP contribution < -0.4 is 5.32 Å². The van der Waals surface area contributed by atoms with E-state index in [4.69, 9.17) is 0 Å². The molecule has 0 fully saturated rings. The highest BCUT2D eigenvalue weighted by atomic mass is 32.1. The zero-order valence-corrected chi connectivity index (χ0v) is 10.9. The van der Waals surface area contributed by atoms with Gasteiger partial charge in [-0.2, -0.15) is 0 Å². The SMILES string of the molecule is CCNC(C)C(C)Cc1cn2ccsc2n1. The van der Waals surface area contributed by atoms with Crippen LogP contribution in [0.3, 0.4) is 0 Å². The van der Waals surface area contributed by atoms with Crippen molar-refractivity contribution in [3.05, 3.63) is 23.5 Å². The summed E-state index contributed by atoms with van der Waals surface area (Å²) in [5, 5.41) is 5.53. The van der Waals surface area contributed by atoms with Crippen LogP contribution >= 0.6 is 11.3 Å². The van der Waals surface area contributed by atoms with E-state index in [9.17, 15) is 0 Å². The fraction of sp³-hybridized carbons (Fsp3) is 0.583. The van der Waals surface area contributed by atoms with Crippen LogP contribution in [0.4, 0.5) is 0 Å². The lowest BCUT2D eigenvalue weighted by Crippen LogP contribution is -2.32. The van der Waals surface area contributed by atoms with Gasteiger partial charge in [0.05, 0.1) is 5.69 Å². The smallest absolute Gasteiger partial charge is 0.193 e. The fourth-order valence-electron chi connectivity index (χ4n) is 1.90. The average Bonchev–Trinajstić information content (AvgIpc) is 2.78. The van der Waals surface area contributed by atoms with Crippen LogP contribution in [0.25, 0.3) is 4.96 Å². The molecule has 88 valence electrons. The number of nitrogens with one attached hydrogen (secondary N) is 1. The van der Waals surface area contributed by atoms with Crippen LogP contribution in [-0.2, 0) is 6.42 Å². The van der Waals surface area contributed by atoms with Gasteiger partial charge in [0.15, 0.2) is 4.96 Å². The Morgan fingerprint density at radius 2 is 2.31 bits per heavy atom. The number of aromatic nitrogens is 2. The van der Waals surface area contributed by atoms with Gasteiger partial charge in [0.1, 0.15) is 0 Å². The fourth-order valence-corrected chi connectivity index (χ4v) is 2.62. The molecule has 2 rings (SSSR count). The van der Waals surface area contributed by atoms with Crippen LogP contribution in [0.5, 0.6) is 0 Å². The summed E-state index contributed by atoms with van der Waals surface area (Å²) < 4.78 is 2.10. The highest BCUT2D eigenvalue weighted by Gasteiger charge is 2.13. The Labute approximate surface area is 101 Å². The van der Waals surface area contributed by atoms with E-state index in [2.05, 4.69) is 53.2 Å². The second-order valence-corrected chi connectivity index (χ2v) is 5.23. The Morgan fingerprint density at radius 3 is 3.00 bits per heavy atom. The molecule has 0 saturated carbocycles. The highest BCUT2D eigenvalue weighted by Crippen LogP contribution is 2.15. The Bertz CT molecular complexity index is 417. The molecule has 3 nitrogen and oxygen atoms in total. The van der Waals surface area contributed by atoms with Crippen molar-refractivity contribution >= 4 is 16.3 Å². The van der Waals surface area contributed by atoms with Crippen molar-refractivity contribution in [2.75, 3.05) is 6.54 Å². The molecule has 0 radical (unpaired) electrons. The Hall–Kier alpha value is -0.870. The molecule has 16 heavy (non-hydrogen) atoms. The molecule has 2 aromatic rings. The lowest BCUT2D eigenvalue weighted by molar-refractivity contribution is 0.404. The first-order valence-electron chi connectivity index (χ1n) is 5.85. The second-order valence-electron chi connectivity index (χ2n) is 4.35. The standard InChI is InChI=1S/C12H19N3S/c1-4-13-10(3)9(2)7-11-8-15-5-6-16-12(15)14-11/h5-6,8-10,13H,4,7H2,1-3H3. The minimum atomic E-state index is 0.546. The third kappa shape index (κ3) is 2.44. The van der Waals surface area contributed by atoms with E-state index in [0.29, 0.717) is 12.0 Å². The quantitative estimate of drug-likeness (QED) is 0.866. The van der Waals surface area contributed by atoms with Crippen LogP contribution in [0.2, 0.25) is 0 Å². The summed E-state index contributed by atoms with van der Waals surface area (Å²) >= 11 is 1.69. The summed E-state index contributed by atoms with van der Waals surface area (Å²) in [4.78, 5) is 5.70.